The first-order chi connectivity index (χ1) is 13.5. The van der Waals surface area contributed by atoms with Crippen LogP contribution in [0, 0.1) is 13.8 Å². The van der Waals surface area contributed by atoms with Crippen LogP contribution < -0.4 is 5.32 Å². The lowest BCUT2D eigenvalue weighted by molar-refractivity contribution is -0.119. The van der Waals surface area contributed by atoms with Gasteiger partial charge in [-0.15, -0.1) is 10.2 Å². The number of rotatable bonds is 5. The van der Waals surface area contributed by atoms with Crippen LogP contribution in [0.4, 0.5) is 0 Å². The van der Waals surface area contributed by atoms with E-state index < -0.39 is 0 Å². The van der Waals surface area contributed by atoms with Crippen molar-refractivity contribution in [3.8, 4) is 11.4 Å². The lowest BCUT2D eigenvalue weighted by Gasteiger charge is -2.14. The molecule has 0 spiro atoms. The molecule has 0 fully saturated rings. The van der Waals surface area contributed by atoms with E-state index in [1.54, 1.807) is 12.4 Å². The number of aromatic nitrogens is 3. The summed E-state index contributed by atoms with van der Waals surface area (Å²) >= 11 is 1.36. The molecule has 28 heavy (non-hydrogen) atoms. The molecule has 1 amide bonds. The highest BCUT2D eigenvalue weighted by atomic mass is 32.2. The predicted octanol–water partition coefficient (Wildman–Crippen LogP) is 3.49. The normalized spacial score (nSPS) is 15.4. The third-order valence-electron chi connectivity index (χ3n) is 5.20. The maximum atomic E-state index is 12.5. The van der Waals surface area contributed by atoms with Gasteiger partial charge in [-0.2, -0.15) is 0 Å². The summed E-state index contributed by atoms with van der Waals surface area (Å²) in [5.41, 5.74) is 5.36. The zero-order valence-electron chi connectivity index (χ0n) is 15.8. The van der Waals surface area contributed by atoms with Gasteiger partial charge in [0.25, 0.3) is 0 Å². The number of nitrogens with zero attached hydrogens (tertiary/aromatic N) is 3. The van der Waals surface area contributed by atoms with E-state index in [-0.39, 0.29) is 17.7 Å². The molecule has 0 bridgehead atoms. The Morgan fingerprint density at radius 2 is 2.14 bits per heavy atom. The van der Waals surface area contributed by atoms with E-state index in [2.05, 4.69) is 41.5 Å². The summed E-state index contributed by atoms with van der Waals surface area (Å²) in [4.78, 5) is 12.5. The number of benzene rings is 2. The maximum absolute atomic E-state index is 12.5. The molecule has 1 unspecified atom stereocenters. The zero-order valence-corrected chi connectivity index (χ0v) is 16.7. The van der Waals surface area contributed by atoms with Crippen molar-refractivity contribution in [2.75, 3.05) is 5.75 Å². The molecule has 1 aromatic heterocycles. The summed E-state index contributed by atoms with van der Waals surface area (Å²) in [5.74, 6) is 0.514. The van der Waals surface area contributed by atoms with Crippen LogP contribution in [-0.2, 0) is 11.2 Å². The van der Waals surface area contributed by atoms with Crippen molar-refractivity contribution in [2.24, 2.45) is 0 Å². The summed E-state index contributed by atoms with van der Waals surface area (Å²) in [6.45, 7) is 4.15. The van der Waals surface area contributed by atoms with Gasteiger partial charge in [0.1, 0.15) is 12.1 Å². The van der Waals surface area contributed by atoms with E-state index in [0.717, 1.165) is 29.7 Å². The van der Waals surface area contributed by atoms with Crippen LogP contribution in [0.5, 0.6) is 5.75 Å². The predicted molar refractivity (Wildman–Crippen MR) is 109 cm³/mol. The van der Waals surface area contributed by atoms with Crippen LogP contribution in [-0.4, -0.2) is 31.5 Å². The topological polar surface area (TPSA) is 80.0 Å². The quantitative estimate of drug-likeness (QED) is 0.648. The first-order valence-electron chi connectivity index (χ1n) is 9.23. The minimum absolute atomic E-state index is 0.0483. The number of amides is 1. The van der Waals surface area contributed by atoms with Gasteiger partial charge in [-0.25, -0.2) is 0 Å². The number of nitrogens with one attached hydrogen (secondary N) is 1. The van der Waals surface area contributed by atoms with Crippen LogP contribution in [0.25, 0.3) is 5.69 Å². The molecule has 1 aliphatic carbocycles. The fourth-order valence-corrected chi connectivity index (χ4v) is 4.27. The van der Waals surface area contributed by atoms with Crippen molar-refractivity contribution < 1.29 is 9.90 Å². The number of fused-ring (bicyclic) bond motifs is 1. The highest BCUT2D eigenvalue weighted by molar-refractivity contribution is 7.99. The molecule has 1 aliphatic rings. The second kappa shape index (κ2) is 7.67. The first kappa shape index (κ1) is 18.6. The number of phenols is 1. The van der Waals surface area contributed by atoms with Gasteiger partial charge in [0.05, 0.1) is 11.8 Å². The smallest absolute Gasteiger partial charge is 0.230 e. The molecule has 4 rings (SSSR count). The molecule has 144 valence electrons. The lowest BCUT2D eigenvalue weighted by atomic mass is 10.1. The number of carbonyl (C=O) groups is 1. The van der Waals surface area contributed by atoms with Crippen molar-refractivity contribution in [1.29, 1.82) is 0 Å². The number of aryl methyl sites for hydroxylation is 2. The van der Waals surface area contributed by atoms with E-state index >= 15 is 0 Å². The number of hydrogen-bond acceptors (Lipinski definition) is 5. The van der Waals surface area contributed by atoms with E-state index in [0.29, 0.717) is 10.9 Å². The van der Waals surface area contributed by atoms with Crippen molar-refractivity contribution in [1.82, 2.24) is 20.1 Å². The second-order valence-electron chi connectivity index (χ2n) is 7.04. The summed E-state index contributed by atoms with van der Waals surface area (Å²) in [7, 11) is 0. The Hall–Kier alpha value is -2.80. The molecule has 2 aromatic carbocycles. The highest BCUT2D eigenvalue weighted by Gasteiger charge is 2.26. The average molecular weight is 395 g/mol. The Labute approximate surface area is 168 Å². The van der Waals surface area contributed by atoms with Crippen molar-refractivity contribution in [3.63, 3.8) is 0 Å². The van der Waals surface area contributed by atoms with E-state index in [1.165, 1.54) is 22.9 Å². The summed E-state index contributed by atoms with van der Waals surface area (Å²) in [6.07, 6.45) is 3.25. The van der Waals surface area contributed by atoms with Crippen LogP contribution in [0.3, 0.4) is 0 Å². The van der Waals surface area contributed by atoms with Gasteiger partial charge < -0.3 is 10.4 Å². The molecule has 2 N–H and O–H groups in total. The molecule has 6 nitrogen and oxygen atoms in total. The summed E-state index contributed by atoms with van der Waals surface area (Å²) < 4.78 is 1.90. The third-order valence-corrected chi connectivity index (χ3v) is 6.14. The maximum Gasteiger partial charge on any atom is 0.230 e. The molecular weight excluding hydrogens is 372 g/mol. The first-order valence-corrected chi connectivity index (χ1v) is 10.2. The van der Waals surface area contributed by atoms with Crippen LogP contribution in [0.2, 0.25) is 0 Å². The fraction of sp³-hybridized carbons (Fsp3) is 0.286. The van der Waals surface area contributed by atoms with E-state index in [4.69, 9.17) is 0 Å². The van der Waals surface area contributed by atoms with Gasteiger partial charge in [0.15, 0.2) is 5.16 Å². The van der Waals surface area contributed by atoms with Crippen molar-refractivity contribution in [2.45, 2.75) is 37.9 Å². The van der Waals surface area contributed by atoms with E-state index in [1.807, 2.05) is 22.8 Å². The average Bonchev–Trinajstić information content (AvgIpc) is 3.30. The number of thioether (sulfide) groups is 1. The van der Waals surface area contributed by atoms with Crippen molar-refractivity contribution in [3.05, 3.63) is 65.0 Å². The fourth-order valence-electron chi connectivity index (χ4n) is 3.53. The molecule has 0 saturated carbocycles. The standard InChI is InChI=1S/C21H22N4O2S/c1-13-6-7-15(10-14(13)2)25-12-22-24-21(25)28-11-20(27)23-18-9-8-17-16(18)4-3-5-19(17)26/h3-7,10,12,18,26H,8-9,11H2,1-2H3,(H,23,27). The SMILES string of the molecule is Cc1ccc(-n2cnnc2SCC(=O)NC2CCc3c(O)cccc32)cc1C. The largest absolute Gasteiger partial charge is 0.508 e. The highest BCUT2D eigenvalue weighted by Crippen LogP contribution is 2.36. The Balaban J connectivity index is 1.41. The molecule has 0 radical (unpaired) electrons. The van der Waals surface area contributed by atoms with Gasteiger partial charge in [0, 0.05) is 5.69 Å². The number of hydrogen-bond donors (Lipinski definition) is 2. The Morgan fingerprint density at radius 3 is 2.96 bits per heavy atom. The molecule has 0 aliphatic heterocycles. The van der Waals surface area contributed by atoms with Crippen LogP contribution in [0.15, 0.2) is 47.9 Å². The Morgan fingerprint density at radius 1 is 1.29 bits per heavy atom. The van der Waals surface area contributed by atoms with Crippen LogP contribution in [0.1, 0.15) is 34.7 Å². The lowest BCUT2D eigenvalue weighted by Crippen LogP contribution is -2.28. The second-order valence-corrected chi connectivity index (χ2v) is 7.99. The van der Waals surface area contributed by atoms with Crippen molar-refractivity contribution >= 4 is 17.7 Å². The van der Waals surface area contributed by atoms with Gasteiger partial charge >= 0.3 is 0 Å². The molecular formula is C21H22N4O2S. The molecule has 1 heterocycles. The molecule has 7 heteroatoms. The van der Waals surface area contributed by atoms with Crippen LogP contribution >= 0.6 is 11.8 Å². The van der Waals surface area contributed by atoms with Gasteiger partial charge in [-0.1, -0.05) is 30.0 Å². The van der Waals surface area contributed by atoms with E-state index in [9.17, 15) is 9.90 Å². The Kier molecular flexibility index (Phi) is 5.09. The summed E-state index contributed by atoms with van der Waals surface area (Å²) in [5, 5.41) is 21.9. The monoisotopic (exact) mass is 394 g/mol. The van der Waals surface area contributed by atoms with Gasteiger partial charge in [-0.05, 0) is 67.1 Å². The minimum atomic E-state index is -0.0548. The van der Waals surface area contributed by atoms with Gasteiger partial charge in [0.2, 0.25) is 5.91 Å². The number of carbonyl (C=O) groups excluding carboxylic acids is 1. The minimum Gasteiger partial charge on any atom is -0.508 e. The Bertz CT molecular complexity index is 1030. The molecule has 3 aromatic rings. The third kappa shape index (κ3) is 3.62. The summed E-state index contributed by atoms with van der Waals surface area (Å²) in [6, 6.07) is 11.6. The zero-order chi connectivity index (χ0) is 19.7. The number of phenolic OH excluding ortho intramolecular Hbond substituents is 1. The molecule has 0 saturated heterocycles. The molecule has 1 atom stereocenters. The number of aromatic hydroxyl groups is 1. The van der Waals surface area contributed by atoms with Gasteiger partial charge in [-0.3, -0.25) is 9.36 Å².